The number of carbonyl (C=O) groups excluding carboxylic acids is 1. The van der Waals surface area contributed by atoms with Gasteiger partial charge in [-0.1, -0.05) is 97.1 Å². The van der Waals surface area contributed by atoms with Crippen molar-refractivity contribution in [3.05, 3.63) is 142 Å². The molecule has 4 rings (SSSR count). The second kappa shape index (κ2) is 10.9. The number of pyridine rings is 1. The summed E-state index contributed by atoms with van der Waals surface area (Å²) in [5.74, 6) is -0.188. The van der Waals surface area contributed by atoms with E-state index < -0.39 is 0 Å². The summed E-state index contributed by atoms with van der Waals surface area (Å²) in [7, 11) is 0. The average Bonchev–Trinajstić information content (AvgIpc) is 2.87. The van der Waals surface area contributed by atoms with E-state index in [1.807, 2.05) is 83.8 Å². The standard InChI is InChI=1S/C29H26N2O2/c32-28-18-10-11-20-31(28)27(22-25-14-6-2-7-15-25)29(33)30(23-26-16-8-3-9-17-26)21-19-24-12-4-1-5-13-24/h1-18,20,22H,19,21,23H2/b27-22+. The number of hydrogen-bond donors (Lipinski definition) is 0. The molecule has 0 aliphatic carbocycles. The highest BCUT2D eigenvalue weighted by Gasteiger charge is 2.21. The highest BCUT2D eigenvalue weighted by Crippen LogP contribution is 2.17. The van der Waals surface area contributed by atoms with Crippen molar-refractivity contribution in [3.8, 4) is 0 Å². The van der Waals surface area contributed by atoms with Gasteiger partial charge in [-0.05, 0) is 35.3 Å². The van der Waals surface area contributed by atoms with Crippen molar-refractivity contribution in [3.63, 3.8) is 0 Å². The third-order valence-corrected chi connectivity index (χ3v) is 5.42. The van der Waals surface area contributed by atoms with E-state index >= 15 is 0 Å². The Hall–Kier alpha value is -4.18. The zero-order valence-corrected chi connectivity index (χ0v) is 18.4. The van der Waals surface area contributed by atoms with Crippen molar-refractivity contribution >= 4 is 17.7 Å². The van der Waals surface area contributed by atoms with Crippen LogP contribution in [0.2, 0.25) is 0 Å². The minimum Gasteiger partial charge on any atom is -0.333 e. The van der Waals surface area contributed by atoms with Crippen molar-refractivity contribution in [2.45, 2.75) is 13.0 Å². The Bertz CT molecular complexity index is 1260. The molecule has 164 valence electrons. The topological polar surface area (TPSA) is 42.3 Å². The van der Waals surface area contributed by atoms with Crippen LogP contribution in [0.3, 0.4) is 0 Å². The third-order valence-electron chi connectivity index (χ3n) is 5.42. The second-order valence-corrected chi connectivity index (χ2v) is 7.80. The van der Waals surface area contributed by atoms with E-state index in [4.69, 9.17) is 0 Å². The Labute approximate surface area is 194 Å². The smallest absolute Gasteiger partial charge is 0.271 e. The number of benzene rings is 3. The molecular formula is C29H26N2O2. The second-order valence-electron chi connectivity index (χ2n) is 7.80. The molecule has 0 aliphatic rings. The Morgan fingerprint density at radius 3 is 1.94 bits per heavy atom. The van der Waals surface area contributed by atoms with Crippen LogP contribution < -0.4 is 5.56 Å². The van der Waals surface area contributed by atoms with Gasteiger partial charge in [-0.2, -0.15) is 0 Å². The van der Waals surface area contributed by atoms with Gasteiger partial charge in [-0.3, -0.25) is 14.2 Å². The van der Waals surface area contributed by atoms with Crippen LogP contribution in [0, 0.1) is 0 Å². The Balaban J connectivity index is 1.71. The number of carbonyl (C=O) groups is 1. The van der Waals surface area contributed by atoms with E-state index in [0.29, 0.717) is 18.8 Å². The lowest BCUT2D eigenvalue weighted by Gasteiger charge is -2.25. The van der Waals surface area contributed by atoms with E-state index in [1.165, 1.54) is 10.6 Å². The lowest BCUT2D eigenvalue weighted by Crippen LogP contribution is -2.36. The maximum Gasteiger partial charge on any atom is 0.271 e. The number of hydrogen-bond acceptors (Lipinski definition) is 2. The van der Waals surface area contributed by atoms with Crippen LogP contribution in [0.25, 0.3) is 11.8 Å². The van der Waals surface area contributed by atoms with E-state index in [9.17, 15) is 9.59 Å². The molecular weight excluding hydrogens is 408 g/mol. The first-order chi connectivity index (χ1) is 16.2. The average molecular weight is 435 g/mol. The summed E-state index contributed by atoms with van der Waals surface area (Å²) in [6.45, 7) is 0.992. The van der Waals surface area contributed by atoms with E-state index in [1.54, 1.807) is 24.4 Å². The number of nitrogens with zero attached hydrogens (tertiary/aromatic N) is 2. The largest absolute Gasteiger partial charge is 0.333 e. The van der Waals surface area contributed by atoms with Crippen molar-refractivity contribution in [2.75, 3.05) is 6.54 Å². The normalized spacial score (nSPS) is 11.2. The van der Waals surface area contributed by atoms with Gasteiger partial charge in [0, 0.05) is 25.4 Å². The first-order valence-corrected chi connectivity index (χ1v) is 11.0. The van der Waals surface area contributed by atoms with E-state index in [2.05, 4.69) is 12.1 Å². The van der Waals surface area contributed by atoms with Crippen LogP contribution in [0.15, 0.2) is 120 Å². The van der Waals surface area contributed by atoms with Crippen molar-refractivity contribution in [1.29, 1.82) is 0 Å². The highest BCUT2D eigenvalue weighted by atomic mass is 16.2. The van der Waals surface area contributed by atoms with Gasteiger partial charge in [0.1, 0.15) is 5.70 Å². The molecule has 1 amide bonds. The monoisotopic (exact) mass is 434 g/mol. The molecule has 0 saturated carbocycles. The lowest BCUT2D eigenvalue weighted by atomic mass is 10.1. The van der Waals surface area contributed by atoms with Crippen LogP contribution in [0.4, 0.5) is 0 Å². The molecule has 0 spiro atoms. The van der Waals surface area contributed by atoms with Gasteiger partial charge < -0.3 is 4.90 Å². The first kappa shape index (κ1) is 22.0. The van der Waals surface area contributed by atoms with Gasteiger partial charge in [0.15, 0.2) is 0 Å². The predicted octanol–water partition coefficient (Wildman–Crippen LogP) is 5.12. The first-order valence-electron chi connectivity index (χ1n) is 11.0. The van der Waals surface area contributed by atoms with Gasteiger partial charge in [0.25, 0.3) is 11.5 Å². The van der Waals surface area contributed by atoms with Gasteiger partial charge >= 0.3 is 0 Å². The summed E-state index contributed by atoms with van der Waals surface area (Å²) in [5.41, 5.74) is 3.15. The van der Waals surface area contributed by atoms with Crippen LogP contribution in [-0.4, -0.2) is 21.9 Å². The van der Waals surface area contributed by atoms with Gasteiger partial charge in [0.05, 0.1) is 0 Å². The maximum absolute atomic E-state index is 13.9. The summed E-state index contributed by atoms with van der Waals surface area (Å²) in [6, 6.07) is 34.6. The van der Waals surface area contributed by atoms with E-state index in [0.717, 1.165) is 23.1 Å². The maximum atomic E-state index is 13.9. The van der Waals surface area contributed by atoms with Gasteiger partial charge in [-0.15, -0.1) is 0 Å². The Morgan fingerprint density at radius 2 is 1.30 bits per heavy atom. The summed E-state index contributed by atoms with van der Waals surface area (Å²) in [4.78, 5) is 28.4. The Morgan fingerprint density at radius 1 is 0.727 bits per heavy atom. The number of amides is 1. The summed E-state index contributed by atoms with van der Waals surface area (Å²) in [5, 5.41) is 0. The number of aromatic nitrogens is 1. The number of rotatable bonds is 8. The minimum atomic E-state index is -0.240. The zero-order valence-electron chi connectivity index (χ0n) is 18.4. The predicted molar refractivity (Wildman–Crippen MR) is 133 cm³/mol. The molecule has 0 bridgehead atoms. The summed E-state index contributed by atoms with van der Waals surface area (Å²) in [6.07, 6.45) is 4.15. The molecule has 0 saturated heterocycles. The highest BCUT2D eigenvalue weighted by molar-refractivity contribution is 6.18. The molecule has 1 heterocycles. The Kier molecular flexibility index (Phi) is 7.29. The molecule has 4 nitrogen and oxygen atoms in total. The van der Waals surface area contributed by atoms with Crippen molar-refractivity contribution < 1.29 is 4.79 Å². The van der Waals surface area contributed by atoms with Crippen LogP contribution in [-0.2, 0) is 17.8 Å². The quantitative estimate of drug-likeness (QED) is 0.361. The fourth-order valence-corrected chi connectivity index (χ4v) is 3.69. The molecule has 33 heavy (non-hydrogen) atoms. The minimum absolute atomic E-state index is 0.188. The molecule has 3 aromatic carbocycles. The van der Waals surface area contributed by atoms with Crippen LogP contribution >= 0.6 is 0 Å². The molecule has 4 heteroatoms. The lowest BCUT2D eigenvalue weighted by molar-refractivity contribution is -0.126. The summed E-state index contributed by atoms with van der Waals surface area (Å²) < 4.78 is 1.43. The van der Waals surface area contributed by atoms with Gasteiger partial charge in [-0.25, -0.2) is 0 Å². The third kappa shape index (κ3) is 5.95. The molecule has 0 atom stereocenters. The van der Waals surface area contributed by atoms with Crippen LogP contribution in [0.1, 0.15) is 16.7 Å². The molecule has 1 aromatic heterocycles. The molecule has 0 fully saturated rings. The van der Waals surface area contributed by atoms with Crippen LogP contribution in [0.5, 0.6) is 0 Å². The molecule has 0 N–H and O–H groups in total. The SMILES string of the molecule is O=C(/C(=C\c1ccccc1)n1ccccc1=O)N(CCc1ccccc1)Cc1ccccc1. The molecule has 0 aliphatic heterocycles. The fourth-order valence-electron chi connectivity index (χ4n) is 3.69. The van der Waals surface area contributed by atoms with Crippen molar-refractivity contribution in [2.24, 2.45) is 0 Å². The molecule has 4 aromatic rings. The van der Waals surface area contributed by atoms with Gasteiger partial charge in [0.2, 0.25) is 0 Å². The fraction of sp³-hybridized carbons (Fsp3) is 0.103. The molecule has 0 radical (unpaired) electrons. The molecule has 0 unspecified atom stereocenters. The zero-order chi connectivity index (χ0) is 22.9. The van der Waals surface area contributed by atoms with Crippen molar-refractivity contribution in [1.82, 2.24) is 9.47 Å². The van der Waals surface area contributed by atoms with E-state index in [-0.39, 0.29) is 11.5 Å². The summed E-state index contributed by atoms with van der Waals surface area (Å²) >= 11 is 0.